The van der Waals surface area contributed by atoms with Gasteiger partial charge in [-0.1, -0.05) is 11.6 Å². The van der Waals surface area contributed by atoms with Gasteiger partial charge in [-0.15, -0.1) is 0 Å². The minimum atomic E-state index is 0.550. The Bertz CT molecular complexity index is 565. The molecule has 2 aromatic rings. The highest BCUT2D eigenvalue weighted by atomic mass is 35.5. The molecule has 0 N–H and O–H groups in total. The molecule has 0 fully saturated rings. The van der Waals surface area contributed by atoms with Gasteiger partial charge in [0, 0.05) is 30.8 Å². The molecular weight excluding hydrogens is 222 g/mol. The predicted molar refractivity (Wildman–Crippen MR) is 67.2 cm³/mol. The molecule has 0 radical (unpaired) electrons. The van der Waals surface area contributed by atoms with Crippen LogP contribution in [0, 0.1) is 0 Å². The summed E-state index contributed by atoms with van der Waals surface area (Å²) in [7, 11) is 0. The SMILES string of the molecule is Clc1nccc2cc(N3CCC=N3)ccc12. The summed E-state index contributed by atoms with van der Waals surface area (Å²) >= 11 is 6.01. The molecule has 1 aromatic heterocycles. The molecule has 3 rings (SSSR count). The maximum atomic E-state index is 6.01. The number of hydrazone groups is 1. The third-order valence-electron chi connectivity index (χ3n) is 2.69. The zero-order chi connectivity index (χ0) is 11.0. The first-order valence-electron chi connectivity index (χ1n) is 5.19. The molecule has 0 aliphatic carbocycles. The van der Waals surface area contributed by atoms with E-state index in [2.05, 4.69) is 16.2 Å². The van der Waals surface area contributed by atoms with E-state index in [-0.39, 0.29) is 0 Å². The van der Waals surface area contributed by atoms with Crippen molar-refractivity contribution in [3.05, 3.63) is 35.6 Å². The van der Waals surface area contributed by atoms with Gasteiger partial charge in [0.15, 0.2) is 0 Å². The number of hydrogen-bond donors (Lipinski definition) is 0. The van der Waals surface area contributed by atoms with Crippen molar-refractivity contribution >= 4 is 34.3 Å². The highest BCUT2D eigenvalue weighted by molar-refractivity contribution is 6.34. The van der Waals surface area contributed by atoms with Crippen molar-refractivity contribution < 1.29 is 0 Å². The molecule has 0 spiro atoms. The summed E-state index contributed by atoms with van der Waals surface area (Å²) in [5.41, 5.74) is 1.10. The lowest BCUT2D eigenvalue weighted by Crippen LogP contribution is -2.11. The van der Waals surface area contributed by atoms with E-state index in [0.29, 0.717) is 5.15 Å². The molecule has 0 unspecified atom stereocenters. The van der Waals surface area contributed by atoms with Gasteiger partial charge in [-0.3, -0.25) is 5.01 Å². The summed E-state index contributed by atoms with van der Waals surface area (Å²) in [6, 6.07) is 8.07. The second-order valence-corrected chi connectivity index (χ2v) is 4.08. The van der Waals surface area contributed by atoms with Crippen LogP contribution in [0.2, 0.25) is 5.15 Å². The van der Waals surface area contributed by atoms with E-state index in [1.54, 1.807) is 6.20 Å². The third kappa shape index (κ3) is 1.53. The maximum absolute atomic E-state index is 6.01. The Hall–Kier alpha value is -1.61. The number of nitrogens with zero attached hydrogens (tertiary/aromatic N) is 3. The lowest BCUT2D eigenvalue weighted by atomic mass is 10.1. The molecule has 0 atom stereocenters. The topological polar surface area (TPSA) is 28.5 Å². The van der Waals surface area contributed by atoms with Gasteiger partial charge in [-0.2, -0.15) is 5.10 Å². The summed E-state index contributed by atoms with van der Waals surface area (Å²) in [4.78, 5) is 4.06. The number of benzene rings is 1. The lowest BCUT2D eigenvalue weighted by Gasteiger charge is -2.14. The van der Waals surface area contributed by atoms with E-state index in [1.165, 1.54) is 0 Å². The van der Waals surface area contributed by atoms with Crippen LogP contribution in [0.15, 0.2) is 35.6 Å². The first kappa shape index (κ1) is 9.60. The monoisotopic (exact) mass is 231 g/mol. The van der Waals surface area contributed by atoms with Gasteiger partial charge >= 0.3 is 0 Å². The molecule has 16 heavy (non-hydrogen) atoms. The summed E-state index contributed by atoms with van der Waals surface area (Å²) in [5, 5.41) is 8.92. The van der Waals surface area contributed by atoms with Gasteiger partial charge in [0.1, 0.15) is 5.15 Å². The van der Waals surface area contributed by atoms with Gasteiger partial charge in [0.05, 0.1) is 5.69 Å². The fraction of sp³-hybridized carbons (Fsp3) is 0.167. The molecule has 4 heteroatoms. The molecule has 0 saturated heterocycles. The minimum absolute atomic E-state index is 0.550. The fourth-order valence-corrected chi connectivity index (χ4v) is 2.11. The number of rotatable bonds is 1. The van der Waals surface area contributed by atoms with Gasteiger partial charge in [0.2, 0.25) is 0 Å². The van der Waals surface area contributed by atoms with E-state index in [9.17, 15) is 0 Å². The summed E-state index contributed by atoms with van der Waals surface area (Å²) < 4.78 is 0. The van der Waals surface area contributed by atoms with Crippen LogP contribution in [0.1, 0.15) is 6.42 Å². The van der Waals surface area contributed by atoms with E-state index in [0.717, 1.165) is 29.4 Å². The van der Waals surface area contributed by atoms with Crippen molar-refractivity contribution in [1.29, 1.82) is 0 Å². The third-order valence-corrected chi connectivity index (χ3v) is 2.99. The summed E-state index contributed by atoms with van der Waals surface area (Å²) in [6.45, 7) is 0.949. The average Bonchev–Trinajstić information content (AvgIpc) is 2.82. The fourth-order valence-electron chi connectivity index (χ4n) is 1.88. The Labute approximate surface area is 98.4 Å². The number of hydrogen-bond acceptors (Lipinski definition) is 3. The molecule has 80 valence electrons. The summed E-state index contributed by atoms with van der Waals surface area (Å²) in [6.07, 6.45) is 4.67. The molecular formula is C12H10ClN3. The van der Waals surface area contributed by atoms with Gasteiger partial charge in [-0.05, 0) is 29.7 Å². The number of fused-ring (bicyclic) bond motifs is 1. The van der Waals surface area contributed by atoms with Crippen LogP contribution in [0.4, 0.5) is 5.69 Å². The molecule has 1 aromatic carbocycles. The molecule has 0 amide bonds. The molecule has 0 bridgehead atoms. The minimum Gasteiger partial charge on any atom is -0.265 e. The van der Waals surface area contributed by atoms with Gasteiger partial charge < -0.3 is 0 Å². The van der Waals surface area contributed by atoms with Gasteiger partial charge in [0.25, 0.3) is 0 Å². The van der Waals surface area contributed by atoms with E-state index in [4.69, 9.17) is 11.6 Å². The first-order valence-corrected chi connectivity index (χ1v) is 5.57. The zero-order valence-corrected chi connectivity index (χ0v) is 9.35. The Balaban J connectivity index is 2.12. The smallest absolute Gasteiger partial charge is 0.136 e. The first-order chi connectivity index (χ1) is 7.84. The van der Waals surface area contributed by atoms with Crippen LogP contribution in [0.3, 0.4) is 0 Å². The van der Waals surface area contributed by atoms with Crippen molar-refractivity contribution in [1.82, 2.24) is 4.98 Å². The van der Waals surface area contributed by atoms with Crippen molar-refractivity contribution in [2.45, 2.75) is 6.42 Å². The van der Waals surface area contributed by atoms with Crippen molar-refractivity contribution in [3.63, 3.8) is 0 Å². The second kappa shape index (κ2) is 3.76. The number of pyridine rings is 1. The predicted octanol–water partition coefficient (Wildman–Crippen LogP) is 3.08. The Morgan fingerprint density at radius 3 is 3.00 bits per heavy atom. The molecule has 1 aliphatic heterocycles. The second-order valence-electron chi connectivity index (χ2n) is 3.72. The highest BCUT2D eigenvalue weighted by Gasteiger charge is 2.09. The molecule has 0 saturated carbocycles. The van der Waals surface area contributed by atoms with Gasteiger partial charge in [-0.25, -0.2) is 4.98 Å². The Morgan fingerprint density at radius 1 is 1.25 bits per heavy atom. The highest BCUT2D eigenvalue weighted by Crippen LogP contribution is 2.26. The van der Waals surface area contributed by atoms with Crippen molar-refractivity contribution in [2.75, 3.05) is 11.6 Å². The standard InChI is InChI=1S/C12H10ClN3/c13-12-11-3-2-10(16-7-1-5-15-16)8-9(11)4-6-14-12/h2-6,8H,1,7H2. The quantitative estimate of drug-likeness (QED) is 0.706. The van der Waals surface area contributed by atoms with Crippen LogP contribution < -0.4 is 5.01 Å². The van der Waals surface area contributed by atoms with E-state index < -0.39 is 0 Å². The van der Waals surface area contributed by atoms with Crippen molar-refractivity contribution in [3.8, 4) is 0 Å². The Kier molecular flexibility index (Phi) is 2.26. The van der Waals surface area contributed by atoms with Crippen LogP contribution >= 0.6 is 11.6 Å². The maximum Gasteiger partial charge on any atom is 0.136 e. The number of halogens is 1. The summed E-state index contributed by atoms with van der Waals surface area (Å²) in [5.74, 6) is 0. The van der Waals surface area contributed by atoms with Crippen LogP contribution in [-0.2, 0) is 0 Å². The molecule has 1 aliphatic rings. The zero-order valence-electron chi connectivity index (χ0n) is 8.60. The molecule has 3 nitrogen and oxygen atoms in total. The van der Waals surface area contributed by atoms with Crippen LogP contribution in [0.5, 0.6) is 0 Å². The number of anilines is 1. The number of aromatic nitrogens is 1. The molecule has 2 heterocycles. The van der Waals surface area contributed by atoms with E-state index in [1.807, 2.05) is 29.4 Å². The van der Waals surface area contributed by atoms with Crippen LogP contribution in [-0.4, -0.2) is 17.7 Å². The largest absolute Gasteiger partial charge is 0.265 e. The Morgan fingerprint density at radius 2 is 2.19 bits per heavy atom. The normalized spacial score (nSPS) is 14.9. The van der Waals surface area contributed by atoms with Crippen molar-refractivity contribution in [2.24, 2.45) is 5.10 Å². The van der Waals surface area contributed by atoms with Crippen LogP contribution in [0.25, 0.3) is 10.8 Å². The average molecular weight is 232 g/mol. The van der Waals surface area contributed by atoms with E-state index >= 15 is 0 Å². The lowest BCUT2D eigenvalue weighted by molar-refractivity contribution is 0.923.